The third-order valence-electron chi connectivity index (χ3n) is 6.03. The third kappa shape index (κ3) is 3.95. The first kappa shape index (κ1) is 20.1. The molecule has 0 bridgehead atoms. The Morgan fingerprint density at radius 2 is 1.80 bits per heavy atom. The SMILES string of the molecule is CCn1c(=O)c(N2CCC(C(=O)NCc3ccccc3C)CC2)nc2ccccc21. The number of para-hydroxylation sites is 2. The first-order valence-electron chi connectivity index (χ1n) is 10.6. The zero-order valence-electron chi connectivity index (χ0n) is 17.6. The summed E-state index contributed by atoms with van der Waals surface area (Å²) in [4.78, 5) is 32.3. The van der Waals surface area contributed by atoms with Gasteiger partial charge in [0.2, 0.25) is 5.91 Å². The summed E-state index contributed by atoms with van der Waals surface area (Å²) < 4.78 is 1.78. The molecule has 30 heavy (non-hydrogen) atoms. The van der Waals surface area contributed by atoms with Gasteiger partial charge in [0.15, 0.2) is 5.82 Å². The van der Waals surface area contributed by atoms with Gasteiger partial charge in [-0.05, 0) is 49.9 Å². The molecule has 1 aromatic heterocycles. The van der Waals surface area contributed by atoms with Crippen molar-refractivity contribution >= 4 is 22.8 Å². The average molecular weight is 405 g/mol. The predicted octanol–water partition coefficient (Wildman–Crippen LogP) is 3.26. The topological polar surface area (TPSA) is 67.2 Å². The van der Waals surface area contributed by atoms with Gasteiger partial charge in [0.1, 0.15) is 0 Å². The second-order valence-corrected chi connectivity index (χ2v) is 7.88. The minimum Gasteiger partial charge on any atom is -0.352 e. The summed E-state index contributed by atoms with van der Waals surface area (Å²) in [6.07, 6.45) is 1.44. The lowest BCUT2D eigenvalue weighted by Gasteiger charge is -2.32. The van der Waals surface area contributed by atoms with Crippen LogP contribution in [0.3, 0.4) is 0 Å². The van der Waals surface area contributed by atoms with E-state index in [9.17, 15) is 9.59 Å². The minimum atomic E-state index is -0.0568. The highest BCUT2D eigenvalue weighted by atomic mass is 16.2. The Labute approximate surface area is 176 Å². The highest BCUT2D eigenvalue weighted by Crippen LogP contribution is 2.22. The number of nitrogens with one attached hydrogen (secondary N) is 1. The maximum absolute atomic E-state index is 13.0. The summed E-state index contributed by atoms with van der Waals surface area (Å²) in [6.45, 7) is 6.51. The molecule has 1 N–H and O–H groups in total. The van der Waals surface area contributed by atoms with E-state index in [2.05, 4.69) is 23.3 Å². The van der Waals surface area contributed by atoms with Crippen LogP contribution >= 0.6 is 0 Å². The Morgan fingerprint density at radius 3 is 2.53 bits per heavy atom. The first-order chi connectivity index (χ1) is 14.6. The number of amides is 1. The van der Waals surface area contributed by atoms with E-state index in [4.69, 9.17) is 0 Å². The number of hydrogen-bond acceptors (Lipinski definition) is 4. The van der Waals surface area contributed by atoms with Crippen LogP contribution in [0.1, 0.15) is 30.9 Å². The number of carbonyl (C=O) groups excluding carboxylic acids is 1. The number of anilines is 1. The summed E-state index contributed by atoms with van der Waals surface area (Å²) in [5, 5.41) is 3.08. The Kier molecular flexibility index (Phi) is 5.84. The molecule has 6 nitrogen and oxygen atoms in total. The Morgan fingerprint density at radius 1 is 1.10 bits per heavy atom. The standard InChI is InChI=1S/C24H28N4O2/c1-3-28-21-11-7-6-10-20(21)26-22(24(28)30)27-14-12-18(13-15-27)23(29)25-16-19-9-5-4-8-17(19)2/h4-11,18H,3,12-16H2,1-2H3,(H,25,29). The fourth-order valence-corrected chi connectivity index (χ4v) is 4.19. The van der Waals surface area contributed by atoms with Crippen molar-refractivity contribution in [3.05, 3.63) is 70.0 Å². The second kappa shape index (κ2) is 8.69. The van der Waals surface area contributed by atoms with Crippen LogP contribution in [0.15, 0.2) is 53.3 Å². The van der Waals surface area contributed by atoms with Crippen molar-refractivity contribution in [1.82, 2.24) is 14.9 Å². The minimum absolute atomic E-state index is 0.0286. The summed E-state index contributed by atoms with van der Waals surface area (Å²) in [5.74, 6) is 0.559. The van der Waals surface area contributed by atoms with Crippen molar-refractivity contribution in [3.8, 4) is 0 Å². The number of benzene rings is 2. The molecule has 3 aromatic rings. The van der Waals surface area contributed by atoms with Crippen LogP contribution in [0.5, 0.6) is 0 Å². The van der Waals surface area contributed by atoms with Crippen LogP contribution in [0.2, 0.25) is 0 Å². The number of carbonyl (C=O) groups is 1. The summed E-state index contributed by atoms with van der Waals surface area (Å²) >= 11 is 0. The number of hydrogen-bond donors (Lipinski definition) is 1. The zero-order valence-corrected chi connectivity index (χ0v) is 17.6. The summed E-state index contributed by atoms with van der Waals surface area (Å²) in [6, 6.07) is 15.8. The molecular weight excluding hydrogens is 376 g/mol. The number of aromatic nitrogens is 2. The van der Waals surface area contributed by atoms with Crippen LogP contribution in [-0.4, -0.2) is 28.5 Å². The van der Waals surface area contributed by atoms with E-state index in [0.29, 0.717) is 32.0 Å². The van der Waals surface area contributed by atoms with Gasteiger partial charge in [-0.25, -0.2) is 4.98 Å². The number of aryl methyl sites for hydroxylation is 2. The first-order valence-corrected chi connectivity index (χ1v) is 10.6. The number of fused-ring (bicyclic) bond motifs is 1. The van der Waals surface area contributed by atoms with Gasteiger partial charge in [-0.1, -0.05) is 36.4 Å². The number of nitrogens with zero attached hydrogens (tertiary/aromatic N) is 3. The lowest BCUT2D eigenvalue weighted by Crippen LogP contribution is -2.43. The van der Waals surface area contributed by atoms with Gasteiger partial charge in [-0.15, -0.1) is 0 Å². The van der Waals surface area contributed by atoms with Crippen LogP contribution in [0.25, 0.3) is 11.0 Å². The fraction of sp³-hybridized carbons (Fsp3) is 0.375. The van der Waals surface area contributed by atoms with Gasteiger partial charge in [-0.2, -0.15) is 0 Å². The number of piperidine rings is 1. The number of rotatable bonds is 5. The molecule has 0 spiro atoms. The molecule has 0 unspecified atom stereocenters. The maximum atomic E-state index is 13.0. The normalized spacial score (nSPS) is 14.8. The van der Waals surface area contributed by atoms with E-state index < -0.39 is 0 Å². The molecule has 0 radical (unpaired) electrons. The van der Waals surface area contributed by atoms with Gasteiger partial charge in [-0.3, -0.25) is 9.59 Å². The molecule has 6 heteroatoms. The van der Waals surface area contributed by atoms with Crippen molar-refractivity contribution in [1.29, 1.82) is 0 Å². The quantitative estimate of drug-likeness (QED) is 0.709. The Balaban J connectivity index is 1.43. The molecule has 1 saturated heterocycles. The van der Waals surface area contributed by atoms with E-state index in [0.717, 1.165) is 29.4 Å². The molecule has 156 valence electrons. The van der Waals surface area contributed by atoms with E-state index in [1.54, 1.807) is 4.57 Å². The molecule has 0 atom stereocenters. The fourth-order valence-electron chi connectivity index (χ4n) is 4.19. The molecule has 1 aliphatic heterocycles. The lowest BCUT2D eigenvalue weighted by atomic mass is 9.95. The largest absolute Gasteiger partial charge is 0.352 e. The van der Waals surface area contributed by atoms with Gasteiger partial charge in [0.05, 0.1) is 11.0 Å². The molecule has 1 fully saturated rings. The van der Waals surface area contributed by atoms with Crippen molar-refractivity contribution in [3.63, 3.8) is 0 Å². The summed E-state index contributed by atoms with van der Waals surface area (Å²) in [7, 11) is 0. The van der Waals surface area contributed by atoms with Crippen LogP contribution in [-0.2, 0) is 17.9 Å². The van der Waals surface area contributed by atoms with Gasteiger partial charge in [0, 0.05) is 32.1 Å². The smallest absolute Gasteiger partial charge is 0.293 e. The third-order valence-corrected chi connectivity index (χ3v) is 6.03. The molecular formula is C24H28N4O2. The van der Waals surface area contributed by atoms with Crippen molar-refractivity contribution < 1.29 is 4.79 Å². The van der Waals surface area contributed by atoms with Crippen LogP contribution in [0.4, 0.5) is 5.82 Å². The van der Waals surface area contributed by atoms with E-state index in [-0.39, 0.29) is 17.4 Å². The zero-order chi connectivity index (χ0) is 21.1. The van der Waals surface area contributed by atoms with Crippen molar-refractivity contribution in [2.75, 3.05) is 18.0 Å². The van der Waals surface area contributed by atoms with Crippen LogP contribution in [0, 0.1) is 12.8 Å². The molecule has 1 amide bonds. The monoisotopic (exact) mass is 404 g/mol. The lowest BCUT2D eigenvalue weighted by molar-refractivity contribution is -0.125. The van der Waals surface area contributed by atoms with Gasteiger partial charge < -0.3 is 14.8 Å². The predicted molar refractivity (Wildman–Crippen MR) is 120 cm³/mol. The summed E-state index contributed by atoms with van der Waals surface area (Å²) in [5.41, 5.74) is 3.95. The van der Waals surface area contributed by atoms with Crippen LogP contribution < -0.4 is 15.8 Å². The van der Waals surface area contributed by atoms with Crippen molar-refractivity contribution in [2.24, 2.45) is 5.92 Å². The molecule has 1 aliphatic rings. The van der Waals surface area contributed by atoms with Gasteiger partial charge >= 0.3 is 0 Å². The highest BCUT2D eigenvalue weighted by molar-refractivity contribution is 5.79. The van der Waals surface area contributed by atoms with Gasteiger partial charge in [0.25, 0.3) is 5.56 Å². The Bertz CT molecular complexity index is 1110. The van der Waals surface area contributed by atoms with E-state index in [1.807, 2.05) is 54.3 Å². The molecule has 0 aliphatic carbocycles. The molecule has 4 rings (SSSR count). The molecule has 2 aromatic carbocycles. The highest BCUT2D eigenvalue weighted by Gasteiger charge is 2.27. The van der Waals surface area contributed by atoms with E-state index >= 15 is 0 Å². The van der Waals surface area contributed by atoms with Crippen molar-refractivity contribution in [2.45, 2.75) is 39.8 Å². The molecule has 2 heterocycles. The Hall–Kier alpha value is -3.15. The van der Waals surface area contributed by atoms with E-state index in [1.165, 1.54) is 5.56 Å². The maximum Gasteiger partial charge on any atom is 0.293 e. The molecule has 0 saturated carbocycles. The average Bonchev–Trinajstić information content (AvgIpc) is 2.78. The second-order valence-electron chi connectivity index (χ2n) is 7.88.